The summed E-state index contributed by atoms with van der Waals surface area (Å²) in [5, 5.41) is 18.4. The molecule has 4 N–H and O–H groups in total. The number of alkyl halides is 3. The highest BCUT2D eigenvalue weighted by molar-refractivity contribution is 6.07. The number of nitrogens with one attached hydrogen (secondary N) is 4. The summed E-state index contributed by atoms with van der Waals surface area (Å²) < 4.78 is 41.3. The minimum atomic E-state index is -4.57. The second kappa shape index (κ2) is 11.7. The molecule has 0 aliphatic carbocycles. The van der Waals surface area contributed by atoms with E-state index >= 15 is 0 Å². The molecule has 5 rings (SSSR count). The number of hydrogen-bond acceptors (Lipinski definition) is 6. The van der Waals surface area contributed by atoms with Gasteiger partial charge in [0.15, 0.2) is 0 Å². The Bertz CT molecular complexity index is 1400. The van der Waals surface area contributed by atoms with Crippen LogP contribution >= 0.6 is 0 Å². The first-order chi connectivity index (χ1) is 19.6. The second-order valence-electron chi connectivity index (χ2n) is 10.3. The van der Waals surface area contributed by atoms with Crippen LogP contribution in [0.2, 0.25) is 0 Å². The fourth-order valence-electron chi connectivity index (χ4n) is 5.33. The molecule has 2 aromatic carbocycles. The molecule has 0 radical (unpaired) electrons. The van der Waals surface area contributed by atoms with Gasteiger partial charge in [-0.2, -0.15) is 28.6 Å². The van der Waals surface area contributed by atoms with E-state index in [0.717, 1.165) is 18.1 Å². The van der Waals surface area contributed by atoms with Crippen LogP contribution in [0.5, 0.6) is 0 Å². The number of H-pyrrole nitrogens is 1. The third-order valence-electron chi connectivity index (χ3n) is 7.67. The van der Waals surface area contributed by atoms with Gasteiger partial charge in [0.25, 0.3) is 5.91 Å². The van der Waals surface area contributed by atoms with Gasteiger partial charge in [-0.25, -0.2) is 0 Å². The summed E-state index contributed by atoms with van der Waals surface area (Å²) in [6.45, 7) is 0.830. The quantitative estimate of drug-likeness (QED) is 0.313. The number of aryl methyl sites for hydroxylation is 1. The molecule has 13 heteroatoms. The Morgan fingerprint density at radius 2 is 1.88 bits per heavy atom. The highest BCUT2D eigenvalue weighted by atomic mass is 19.4. The number of aromatic amines is 1. The maximum absolute atomic E-state index is 13.9. The van der Waals surface area contributed by atoms with Crippen molar-refractivity contribution in [2.75, 3.05) is 11.4 Å². The Kier molecular flexibility index (Phi) is 8.06. The van der Waals surface area contributed by atoms with E-state index in [1.54, 1.807) is 18.2 Å². The molecule has 0 spiro atoms. The highest BCUT2D eigenvalue weighted by Gasteiger charge is 2.45. The van der Waals surface area contributed by atoms with Gasteiger partial charge in [0.05, 0.1) is 36.4 Å². The van der Waals surface area contributed by atoms with Gasteiger partial charge < -0.3 is 16.0 Å². The number of benzene rings is 2. The average Bonchev–Trinajstić information content (AvgIpc) is 3.60. The number of carbonyl (C=O) groups is 3. The van der Waals surface area contributed by atoms with E-state index in [2.05, 4.69) is 31.4 Å². The van der Waals surface area contributed by atoms with E-state index < -0.39 is 42.0 Å². The summed E-state index contributed by atoms with van der Waals surface area (Å²) in [7, 11) is 0. The molecule has 3 aromatic rings. The number of rotatable bonds is 9. The number of nitrogens with zero attached hydrogens (tertiary/aromatic N) is 3. The van der Waals surface area contributed by atoms with Crippen LogP contribution < -0.4 is 20.9 Å². The van der Waals surface area contributed by atoms with E-state index in [0.29, 0.717) is 30.6 Å². The first-order valence-corrected chi connectivity index (χ1v) is 13.4. The maximum atomic E-state index is 13.9. The molecule has 10 nitrogen and oxygen atoms in total. The fraction of sp³-hybridized carbons (Fsp3) is 0.393. The van der Waals surface area contributed by atoms with Crippen molar-refractivity contribution >= 4 is 23.4 Å². The van der Waals surface area contributed by atoms with Gasteiger partial charge in [0.2, 0.25) is 11.8 Å². The molecule has 1 aromatic heterocycles. The summed E-state index contributed by atoms with van der Waals surface area (Å²) in [4.78, 5) is 41.3. The van der Waals surface area contributed by atoms with Gasteiger partial charge in [-0.1, -0.05) is 43.3 Å². The minimum Gasteiger partial charge on any atom is -0.348 e. The summed E-state index contributed by atoms with van der Waals surface area (Å²) in [6.07, 6.45) is -1.97. The minimum absolute atomic E-state index is 0.122. The molecule has 3 amide bonds. The van der Waals surface area contributed by atoms with Crippen molar-refractivity contribution in [3.63, 3.8) is 0 Å². The Hall–Kier alpha value is -4.26. The third kappa shape index (κ3) is 6.09. The summed E-state index contributed by atoms with van der Waals surface area (Å²) in [5.74, 6) is -3.29. The van der Waals surface area contributed by atoms with Crippen molar-refractivity contribution in [3.05, 3.63) is 77.1 Å². The molecule has 2 aliphatic heterocycles. The Balaban J connectivity index is 1.34. The van der Waals surface area contributed by atoms with E-state index in [9.17, 15) is 27.6 Å². The zero-order valence-corrected chi connectivity index (χ0v) is 22.2. The zero-order chi connectivity index (χ0) is 29.1. The molecular weight excluding hydrogens is 539 g/mol. The number of anilines is 1. The Labute approximate surface area is 234 Å². The second-order valence-corrected chi connectivity index (χ2v) is 10.3. The van der Waals surface area contributed by atoms with Crippen LogP contribution in [0.3, 0.4) is 0 Å². The molecular formula is C28H30F3N7O3. The summed E-state index contributed by atoms with van der Waals surface area (Å²) >= 11 is 0. The van der Waals surface area contributed by atoms with Crippen LogP contribution in [0.1, 0.15) is 40.5 Å². The number of carbonyl (C=O) groups excluding carboxylic acids is 3. The number of aromatic nitrogens is 3. The average molecular weight is 570 g/mol. The first-order valence-electron chi connectivity index (χ1n) is 13.4. The van der Waals surface area contributed by atoms with Crippen LogP contribution in [0.15, 0.2) is 54.7 Å². The number of amides is 3. The zero-order valence-electron chi connectivity index (χ0n) is 22.2. The third-order valence-corrected chi connectivity index (χ3v) is 7.67. The van der Waals surface area contributed by atoms with Crippen molar-refractivity contribution in [2.24, 2.45) is 5.92 Å². The largest absolute Gasteiger partial charge is 0.393 e. The van der Waals surface area contributed by atoms with E-state index in [-0.39, 0.29) is 24.6 Å². The standard InChI is InChI=1S/C28H30F3N7O3/c1-16(28(29,30)31)22(35-25(39)18-6-3-2-4-7-18)15-32-21-11-10-17-8-5-9-19-12-23(38(24(17)19)27(21)41)26(40)33-13-20-14-34-37-36-20/h2-9,14,16,21-23,32H,10-13,15H2,1H3,(H,33,40)(H,35,39)(H,34,36,37)/t16?,21-,22+,23-/m0/s1. The van der Waals surface area contributed by atoms with Crippen molar-refractivity contribution < 1.29 is 27.6 Å². The van der Waals surface area contributed by atoms with Crippen molar-refractivity contribution in [3.8, 4) is 0 Å². The number of hydrogen-bond donors (Lipinski definition) is 4. The fourth-order valence-corrected chi connectivity index (χ4v) is 5.33. The maximum Gasteiger partial charge on any atom is 0.393 e. The topological polar surface area (TPSA) is 132 Å². The monoisotopic (exact) mass is 569 g/mol. The van der Waals surface area contributed by atoms with E-state index in [1.165, 1.54) is 23.2 Å². The number of halogens is 3. The number of para-hydroxylation sites is 1. The van der Waals surface area contributed by atoms with Crippen LogP contribution in [0.25, 0.3) is 0 Å². The molecule has 0 saturated heterocycles. The van der Waals surface area contributed by atoms with Crippen molar-refractivity contribution in [1.29, 1.82) is 0 Å². The SMILES string of the molecule is CC([C@@H](CN[C@H]1CCc2cccc3c2N(C1=O)[C@H](C(=O)NCc1cn[nH]n1)C3)NC(=O)c1ccccc1)C(F)(F)F. The lowest BCUT2D eigenvalue weighted by molar-refractivity contribution is -0.176. The molecule has 3 heterocycles. The first kappa shape index (κ1) is 28.3. The van der Waals surface area contributed by atoms with Crippen LogP contribution in [0, 0.1) is 5.92 Å². The normalized spacial score (nSPS) is 19.7. The van der Waals surface area contributed by atoms with E-state index in [4.69, 9.17) is 0 Å². The van der Waals surface area contributed by atoms with E-state index in [1.807, 2.05) is 18.2 Å². The van der Waals surface area contributed by atoms with Gasteiger partial charge in [-0.05, 0) is 36.1 Å². The molecule has 0 saturated carbocycles. The van der Waals surface area contributed by atoms with Gasteiger partial charge in [-0.15, -0.1) is 0 Å². The van der Waals surface area contributed by atoms with Crippen LogP contribution in [-0.4, -0.2) is 64.0 Å². The summed E-state index contributed by atoms with van der Waals surface area (Å²) in [5.41, 5.74) is 3.19. The predicted molar refractivity (Wildman–Crippen MR) is 143 cm³/mol. The molecule has 41 heavy (non-hydrogen) atoms. The lowest BCUT2D eigenvalue weighted by atomic mass is 9.98. The smallest absolute Gasteiger partial charge is 0.348 e. The van der Waals surface area contributed by atoms with Gasteiger partial charge in [0, 0.05) is 18.5 Å². The molecule has 1 unspecified atom stereocenters. The van der Waals surface area contributed by atoms with Crippen LogP contribution in [0.4, 0.5) is 18.9 Å². The van der Waals surface area contributed by atoms with Crippen molar-refractivity contribution in [1.82, 2.24) is 31.4 Å². The van der Waals surface area contributed by atoms with Gasteiger partial charge in [-0.3, -0.25) is 19.3 Å². The molecule has 216 valence electrons. The highest BCUT2D eigenvalue weighted by Crippen LogP contribution is 2.39. The van der Waals surface area contributed by atoms with Gasteiger partial charge in [0.1, 0.15) is 11.7 Å². The molecule has 2 aliphatic rings. The predicted octanol–water partition coefficient (Wildman–Crippen LogP) is 2.28. The molecule has 4 atom stereocenters. The van der Waals surface area contributed by atoms with Gasteiger partial charge >= 0.3 is 6.18 Å². The Morgan fingerprint density at radius 3 is 2.59 bits per heavy atom. The Morgan fingerprint density at radius 1 is 1.12 bits per heavy atom. The van der Waals surface area contributed by atoms with Crippen molar-refractivity contribution in [2.45, 2.75) is 57.0 Å². The van der Waals surface area contributed by atoms with Crippen LogP contribution in [-0.2, 0) is 29.0 Å². The lowest BCUT2D eigenvalue weighted by Gasteiger charge is -2.31. The molecule has 0 fully saturated rings. The summed E-state index contributed by atoms with van der Waals surface area (Å²) in [6, 6.07) is 10.6. The lowest BCUT2D eigenvalue weighted by Crippen LogP contribution is -2.56. The molecule has 0 bridgehead atoms.